The Labute approximate surface area is 112 Å². The SMILES string of the molecule is Nc1cccc(Cn2cccc2-c2ccccc2)n1. The first kappa shape index (κ1) is 11.5. The van der Waals surface area contributed by atoms with Crippen molar-refractivity contribution in [2.75, 3.05) is 5.73 Å². The maximum atomic E-state index is 5.72. The smallest absolute Gasteiger partial charge is 0.123 e. The molecule has 2 heterocycles. The molecule has 3 aromatic rings. The summed E-state index contributed by atoms with van der Waals surface area (Å²) >= 11 is 0. The van der Waals surface area contributed by atoms with Gasteiger partial charge in [0, 0.05) is 11.9 Å². The Morgan fingerprint density at radius 3 is 2.53 bits per heavy atom. The zero-order chi connectivity index (χ0) is 13.1. The van der Waals surface area contributed by atoms with Crippen molar-refractivity contribution in [3.05, 3.63) is 72.6 Å². The Morgan fingerprint density at radius 1 is 0.895 bits per heavy atom. The van der Waals surface area contributed by atoms with E-state index in [0.717, 1.165) is 12.2 Å². The lowest BCUT2D eigenvalue weighted by Crippen LogP contribution is -2.03. The van der Waals surface area contributed by atoms with Crippen molar-refractivity contribution >= 4 is 5.82 Å². The van der Waals surface area contributed by atoms with Crippen molar-refractivity contribution in [2.45, 2.75) is 6.54 Å². The highest BCUT2D eigenvalue weighted by molar-refractivity contribution is 5.59. The first-order valence-electron chi connectivity index (χ1n) is 6.25. The number of rotatable bonds is 3. The molecule has 0 bridgehead atoms. The van der Waals surface area contributed by atoms with Crippen LogP contribution in [0.4, 0.5) is 5.82 Å². The Kier molecular flexibility index (Phi) is 3.02. The fourth-order valence-corrected chi connectivity index (χ4v) is 2.18. The van der Waals surface area contributed by atoms with Crippen LogP contribution >= 0.6 is 0 Å². The summed E-state index contributed by atoms with van der Waals surface area (Å²) in [4.78, 5) is 4.34. The molecule has 0 saturated carbocycles. The third kappa shape index (κ3) is 2.50. The van der Waals surface area contributed by atoms with Crippen LogP contribution < -0.4 is 5.73 Å². The van der Waals surface area contributed by atoms with Crippen molar-refractivity contribution in [2.24, 2.45) is 0 Å². The van der Waals surface area contributed by atoms with Crippen molar-refractivity contribution < 1.29 is 0 Å². The molecule has 19 heavy (non-hydrogen) atoms. The van der Waals surface area contributed by atoms with Crippen LogP contribution in [0.15, 0.2) is 66.9 Å². The molecule has 0 radical (unpaired) electrons. The first-order chi connectivity index (χ1) is 9.33. The molecule has 3 rings (SSSR count). The summed E-state index contributed by atoms with van der Waals surface area (Å²) in [5.41, 5.74) is 9.07. The standard InChI is InChI=1S/C16H15N3/c17-16-10-4-8-14(18-16)12-19-11-5-9-15(19)13-6-2-1-3-7-13/h1-11H,12H2,(H2,17,18). The summed E-state index contributed by atoms with van der Waals surface area (Å²) in [6.45, 7) is 0.724. The fourth-order valence-electron chi connectivity index (χ4n) is 2.18. The van der Waals surface area contributed by atoms with Gasteiger partial charge in [-0.2, -0.15) is 0 Å². The predicted molar refractivity (Wildman–Crippen MR) is 77.6 cm³/mol. The summed E-state index contributed by atoms with van der Waals surface area (Å²) in [6, 6.07) is 20.2. The van der Waals surface area contributed by atoms with Crippen molar-refractivity contribution in [3.8, 4) is 11.3 Å². The number of aromatic nitrogens is 2. The molecule has 0 spiro atoms. The molecule has 3 nitrogen and oxygen atoms in total. The summed E-state index contributed by atoms with van der Waals surface area (Å²) < 4.78 is 2.18. The van der Waals surface area contributed by atoms with Gasteiger partial charge < -0.3 is 10.3 Å². The lowest BCUT2D eigenvalue weighted by atomic mass is 10.1. The van der Waals surface area contributed by atoms with E-state index in [1.54, 1.807) is 6.07 Å². The first-order valence-corrected chi connectivity index (χ1v) is 6.25. The van der Waals surface area contributed by atoms with Crippen molar-refractivity contribution in [1.82, 2.24) is 9.55 Å². The molecule has 0 aliphatic carbocycles. The van der Waals surface area contributed by atoms with E-state index in [1.807, 2.05) is 30.3 Å². The largest absolute Gasteiger partial charge is 0.384 e. The molecule has 0 saturated heterocycles. The zero-order valence-electron chi connectivity index (χ0n) is 10.5. The third-order valence-corrected chi connectivity index (χ3v) is 3.06. The molecule has 2 aromatic heterocycles. The Morgan fingerprint density at radius 2 is 1.74 bits per heavy atom. The zero-order valence-corrected chi connectivity index (χ0v) is 10.5. The number of nitrogens with two attached hydrogens (primary N) is 1. The Balaban J connectivity index is 1.93. The fraction of sp³-hybridized carbons (Fsp3) is 0.0625. The van der Waals surface area contributed by atoms with Gasteiger partial charge >= 0.3 is 0 Å². The number of pyridine rings is 1. The van der Waals surface area contributed by atoms with Gasteiger partial charge in [0.15, 0.2) is 0 Å². The molecule has 0 aliphatic rings. The second-order valence-corrected chi connectivity index (χ2v) is 4.44. The molecule has 0 amide bonds. The number of benzene rings is 1. The van der Waals surface area contributed by atoms with Crippen molar-refractivity contribution in [1.29, 1.82) is 0 Å². The van der Waals surface area contributed by atoms with Gasteiger partial charge in [-0.15, -0.1) is 0 Å². The summed E-state index contributed by atoms with van der Waals surface area (Å²) in [6.07, 6.45) is 2.06. The molecule has 0 aliphatic heterocycles. The van der Waals surface area contributed by atoms with E-state index in [4.69, 9.17) is 5.73 Å². The minimum atomic E-state index is 0.561. The van der Waals surface area contributed by atoms with Crippen LogP contribution in [-0.4, -0.2) is 9.55 Å². The quantitative estimate of drug-likeness (QED) is 0.774. The van der Waals surface area contributed by atoms with Gasteiger partial charge in [-0.1, -0.05) is 36.4 Å². The van der Waals surface area contributed by atoms with Crippen LogP contribution in [0.25, 0.3) is 11.3 Å². The van der Waals surface area contributed by atoms with Gasteiger partial charge in [0.25, 0.3) is 0 Å². The monoisotopic (exact) mass is 249 g/mol. The van der Waals surface area contributed by atoms with E-state index in [1.165, 1.54) is 11.3 Å². The van der Waals surface area contributed by atoms with Crippen LogP contribution in [0.5, 0.6) is 0 Å². The molecule has 94 valence electrons. The van der Waals surface area contributed by atoms with Crippen LogP contribution in [0.2, 0.25) is 0 Å². The van der Waals surface area contributed by atoms with E-state index in [2.05, 4.69) is 40.0 Å². The average Bonchev–Trinajstić information content (AvgIpc) is 2.88. The highest BCUT2D eigenvalue weighted by Gasteiger charge is 2.04. The van der Waals surface area contributed by atoms with Crippen LogP contribution in [0, 0.1) is 0 Å². The Bertz CT molecular complexity index is 671. The van der Waals surface area contributed by atoms with Gasteiger partial charge in [0.05, 0.1) is 12.2 Å². The number of anilines is 1. The van der Waals surface area contributed by atoms with Gasteiger partial charge in [0.2, 0.25) is 0 Å². The van der Waals surface area contributed by atoms with E-state index in [0.29, 0.717) is 5.82 Å². The highest BCUT2D eigenvalue weighted by atomic mass is 15.0. The molecule has 1 aromatic carbocycles. The molecule has 0 atom stereocenters. The summed E-state index contributed by atoms with van der Waals surface area (Å²) in [5, 5.41) is 0. The number of nitrogen functional groups attached to an aromatic ring is 1. The minimum Gasteiger partial charge on any atom is -0.384 e. The van der Waals surface area contributed by atoms with Crippen LogP contribution in [0.1, 0.15) is 5.69 Å². The second kappa shape index (κ2) is 4.98. The number of hydrogen-bond acceptors (Lipinski definition) is 2. The van der Waals surface area contributed by atoms with E-state index < -0.39 is 0 Å². The predicted octanol–water partition coefficient (Wildman–Crippen LogP) is 3.18. The van der Waals surface area contributed by atoms with Gasteiger partial charge in [-0.3, -0.25) is 0 Å². The molecule has 3 heteroatoms. The number of nitrogens with zero attached hydrogens (tertiary/aromatic N) is 2. The van der Waals surface area contributed by atoms with Crippen LogP contribution in [0.3, 0.4) is 0 Å². The van der Waals surface area contributed by atoms with Gasteiger partial charge in [0.1, 0.15) is 5.82 Å². The van der Waals surface area contributed by atoms with Gasteiger partial charge in [-0.05, 0) is 29.8 Å². The van der Waals surface area contributed by atoms with E-state index in [9.17, 15) is 0 Å². The maximum absolute atomic E-state index is 5.72. The summed E-state index contributed by atoms with van der Waals surface area (Å²) in [7, 11) is 0. The number of hydrogen-bond donors (Lipinski definition) is 1. The van der Waals surface area contributed by atoms with Crippen molar-refractivity contribution in [3.63, 3.8) is 0 Å². The topological polar surface area (TPSA) is 43.8 Å². The molecule has 2 N–H and O–H groups in total. The lowest BCUT2D eigenvalue weighted by molar-refractivity contribution is 0.789. The molecule has 0 unspecified atom stereocenters. The normalized spacial score (nSPS) is 10.5. The molecular formula is C16H15N3. The van der Waals surface area contributed by atoms with E-state index in [-0.39, 0.29) is 0 Å². The molecule has 0 fully saturated rings. The van der Waals surface area contributed by atoms with Crippen LogP contribution in [-0.2, 0) is 6.54 Å². The highest BCUT2D eigenvalue weighted by Crippen LogP contribution is 2.20. The second-order valence-electron chi connectivity index (χ2n) is 4.44. The Hall–Kier alpha value is -2.55. The summed E-state index contributed by atoms with van der Waals surface area (Å²) in [5.74, 6) is 0.561. The van der Waals surface area contributed by atoms with E-state index >= 15 is 0 Å². The average molecular weight is 249 g/mol. The lowest BCUT2D eigenvalue weighted by Gasteiger charge is -2.09. The minimum absolute atomic E-state index is 0.561. The third-order valence-electron chi connectivity index (χ3n) is 3.06. The molecular weight excluding hydrogens is 234 g/mol. The van der Waals surface area contributed by atoms with Gasteiger partial charge in [-0.25, -0.2) is 4.98 Å². The maximum Gasteiger partial charge on any atom is 0.123 e.